The van der Waals surface area contributed by atoms with E-state index in [-0.39, 0.29) is 5.78 Å². The fraction of sp³-hybridized carbons (Fsp3) is 0.182. The first kappa shape index (κ1) is 18.5. The van der Waals surface area contributed by atoms with Crippen LogP contribution in [0.4, 0.5) is 0 Å². The van der Waals surface area contributed by atoms with E-state index in [0.717, 1.165) is 22.2 Å². The van der Waals surface area contributed by atoms with Crippen LogP contribution in [0.5, 0.6) is 5.75 Å². The van der Waals surface area contributed by atoms with E-state index in [1.165, 1.54) is 6.08 Å². The van der Waals surface area contributed by atoms with Gasteiger partial charge in [0.2, 0.25) is 5.78 Å². The predicted molar refractivity (Wildman–Crippen MR) is 105 cm³/mol. The standard InChI is InChI=1S/C22H21NO4/c1-3-26-17-11-8-16(9-12-17)10-13-21(24)27-15(2)22(25)19-14-23-20-7-5-4-6-18(19)20/h4-15,23H,3H2,1-2H3/b13-10+/t15-/m0/s1. The average Bonchev–Trinajstić information content (AvgIpc) is 3.11. The summed E-state index contributed by atoms with van der Waals surface area (Å²) in [7, 11) is 0. The Kier molecular flexibility index (Phi) is 5.71. The summed E-state index contributed by atoms with van der Waals surface area (Å²) >= 11 is 0. The van der Waals surface area contributed by atoms with Gasteiger partial charge in [-0.05, 0) is 43.7 Å². The molecule has 0 radical (unpaired) electrons. The fourth-order valence-electron chi connectivity index (χ4n) is 2.77. The molecular weight excluding hydrogens is 342 g/mol. The molecule has 0 spiro atoms. The highest BCUT2D eigenvalue weighted by Crippen LogP contribution is 2.20. The lowest BCUT2D eigenvalue weighted by Crippen LogP contribution is -2.23. The highest BCUT2D eigenvalue weighted by Gasteiger charge is 2.21. The smallest absolute Gasteiger partial charge is 0.331 e. The van der Waals surface area contributed by atoms with E-state index in [0.29, 0.717) is 12.2 Å². The molecule has 2 aromatic carbocycles. The third-order valence-electron chi connectivity index (χ3n) is 4.12. The number of ketones is 1. The second-order valence-corrected chi connectivity index (χ2v) is 6.03. The number of para-hydroxylation sites is 1. The number of ether oxygens (including phenoxy) is 2. The van der Waals surface area contributed by atoms with Crippen molar-refractivity contribution in [2.75, 3.05) is 6.61 Å². The van der Waals surface area contributed by atoms with Gasteiger partial charge in [-0.25, -0.2) is 4.79 Å². The van der Waals surface area contributed by atoms with Crippen molar-refractivity contribution >= 4 is 28.7 Å². The molecule has 0 fully saturated rings. The Labute approximate surface area is 157 Å². The number of nitrogens with one attached hydrogen (secondary N) is 1. The van der Waals surface area contributed by atoms with Crippen molar-refractivity contribution in [3.05, 3.63) is 71.9 Å². The van der Waals surface area contributed by atoms with E-state index in [4.69, 9.17) is 9.47 Å². The second kappa shape index (κ2) is 8.36. The minimum atomic E-state index is -0.873. The van der Waals surface area contributed by atoms with Crippen LogP contribution in [0.2, 0.25) is 0 Å². The summed E-state index contributed by atoms with van der Waals surface area (Å²) in [6.45, 7) is 4.10. The molecular formula is C22H21NO4. The van der Waals surface area contributed by atoms with Gasteiger partial charge in [-0.15, -0.1) is 0 Å². The van der Waals surface area contributed by atoms with Crippen LogP contribution in [0.3, 0.4) is 0 Å². The number of fused-ring (bicyclic) bond motifs is 1. The molecule has 1 aromatic heterocycles. The fourth-order valence-corrected chi connectivity index (χ4v) is 2.77. The summed E-state index contributed by atoms with van der Waals surface area (Å²) in [5.41, 5.74) is 2.22. The van der Waals surface area contributed by atoms with Gasteiger partial charge in [0.15, 0.2) is 6.10 Å². The maximum absolute atomic E-state index is 12.6. The Morgan fingerprint density at radius 2 is 1.85 bits per heavy atom. The lowest BCUT2D eigenvalue weighted by atomic mass is 10.1. The molecule has 27 heavy (non-hydrogen) atoms. The summed E-state index contributed by atoms with van der Waals surface area (Å²) in [6.07, 6.45) is 3.73. The Morgan fingerprint density at radius 3 is 2.59 bits per heavy atom. The molecule has 1 heterocycles. The second-order valence-electron chi connectivity index (χ2n) is 6.03. The van der Waals surface area contributed by atoms with E-state index >= 15 is 0 Å². The summed E-state index contributed by atoms with van der Waals surface area (Å²) < 4.78 is 10.6. The molecule has 0 bridgehead atoms. The van der Waals surface area contributed by atoms with E-state index in [1.807, 2.05) is 55.5 Å². The molecule has 0 amide bonds. The Hall–Kier alpha value is -3.34. The summed E-state index contributed by atoms with van der Waals surface area (Å²) in [5.74, 6) is -0.0324. The number of rotatable bonds is 7. The molecule has 0 aliphatic heterocycles. The van der Waals surface area contributed by atoms with Gasteiger partial charge in [0, 0.05) is 28.7 Å². The van der Waals surface area contributed by atoms with Crippen LogP contribution in [0, 0.1) is 0 Å². The molecule has 3 aromatic rings. The lowest BCUT2D eigenvalue weighted by Gasteiger charge is -2.10. The number of hydrogen-bond donors (Lipinski definition) is 1. The quantitative estimate of drug-likeness (QED) is 0.384. The topological polar surface area (TPSA) is 68.4 Å². The van der Waals surface area contributed by atoms with Crippen LogP contribution in [0.1, 0.15) is 29.8 Å². The number of carbonyl (C=O) groups excluding carboxylic acids is 2. The number of Topliss-reactive ketones (excluding diaryl/α,β-unsaturated/α-hetero) is 1. The normalized spacial score (nSPS) is 12.2. The van der Waals surface area contributed by atoms with Crippen molar-refractivity contribution < 1.29 is 19.1 Å². The summed E-state index contributed by atoms with van der Waals surface area (Å²) in [5, 5.41) is 0.815. The van der Waals surface area contributed by atoms with E-state index < -0.39 is 12.1 Å². The number of esters is 1. The van der Waals surface area contributed by atoms with Gasteiger partial charge in [0.05, 0.1) is 6.61 Å². The van der Waals surface area contributed by atoms with Crippen LogP contribution in [0.15, 0.2) is 60.8 Å². The maximum atomic E-state index is 12.6. The van der Waals surface area contributed by atoms with E-state index in [9.17, 15) is 9.59 Å². The minimum Gasteiger partial charge on any atom is -0.494 e. The van der Waals surface area contributed by atoms with Crippen molar-refractivity contribution in [1.82, 2.24) is 4.98 Å². The third-order valence-corrected chi connectivity index (χ3v) is 4.12. The number of benzene rings is 2. The molecule has 0 unspecified atom stereocenters. The first-order chi connectivity index (χ1) is 13.1. The van der Waals surface area contributed by atoms with Gasteiger partial charge in [0.1, 0.15) is 5.75 Å². The average molecular weight is 363 g/mol. The van der Waals surface area contributed by atoms with Crippen LogP contribution in [-0.4, -0.2) is 29.4 Å². The molecule has 3 rings (SSSR count). The maximum Gasteiger partial charge on any atom is 0.331 e. The van der Waals surface area contributed by atoms with Crippen molar-refractivity contribution in [1.29, 1.82) is 0 Å². The SMILES string of the molecule is CCOc1ccc(/C=C/C(=O)O[C@@H](C)C(=O)c2c[nH]c3ccccc23)cc1. The molecule has 1 atom stereocenters. The van der Waals surface area contributed by atoms with Gasteiger partial charge in [-0.3, -0.25) is 4.79 Å². The first-order valence-electron chi connectivity index (χ1n) is 8.80. The Bertz CT molecular complexity index is 969. The van der Waals surface area contributed by atoms with Crippen molar-refractivity contribution in [3.63, 3.8) is 0 Å². The lowest BCUT2D eigenvalue weighted by molar-refractivity contribution is -0.140. The number of carbonyl (C=O) groups is 2. The van der Waals surface area contributed by atoms with Crippen molar-refractivity contribution in [2.45, 2.75) is 20.0 Å². The number of H-pyrrole nitrogens is 1. The van der Waals surface area contributed by atoms with Crippen LogP contribution in [0.25, 0.3) is 17.0 Å². The molecule has 0 saturated carbocycles. The molecule has 1 N–H and O–H groups in total. The van der Waals surface area contributed by atoms with Crippen molar-refractivity contribution in [2.24, 2.45) is 0 Å². The molecule has 0 aliphatic carbocycles. The number of aromatic amines is 1. The van der Waals surface area contributed by atoms with Gasteiger partial charge < -0.3 is 14.5 Å². The van der Waals surface area contributed by atoms with Gasteiger partial charge in [0.25, 0.3) is 0 Å². The Balaban J connectivity index is 1.62. The monoisotopic (exact) mass is 363 g/mol. The van der Waals surface area contributed by atoms with Gasteiger partial charge in [-0.1, -0.05) is 30.3 Å². The zero-order chi connectivity index (χ0) is 19.2. The zero-order valence-corrected chi connectivity index (χ0v) is 15.3. The highest BCUT2D eigenvalue weighted by molar-refractivity contribution is 6.10. The molecule has 0 aliphatic rings. The number of aromatic nitrogens is 1. The van der Waals surface area contributed by atoms with Gasteiger partial charge >= 0.3 is 5.97 Å². The van der Waals surface area contributed by atoms with E-state index in [1.54, 1.807) is 19.2 Å². The molecule has 138 valence electrons. The van der Waals surface area contributed by atoms with Crippen LogP contribution in [-0.2, 0) is 9.53 Å². The van der Waals surface area contributed by atoms with Crippen molar-refractivity contribution in [3.8, 4) is 5.75 Å². The third kappa shape index (κ3) is 4.44. The summed E-state index contributed by atoms with van der Waals surface area (Å²) in [6, 6.07) is 14.9. The largest absolute Gasteiger partial charge is 0.494 e. The van der Waals surface area contributed by atoms with E-state index in [2.05, 4.69) is 4.98 Å². The van der Waals surface area contributed by atoms with Gasteiger partial charge in [-0.2, -0.15) is 0 Å². The molecule has 5 heteroatoms. The highest BCUT2D eigenvalue weighted by atomic mass is 16.5. The van der Waals surface area contributed by atoms with Crippen LogP contribution >= 0.6 is 0 Å². The number of hydrogen-bond acceptors (Lipinski definition) is 4. The Morgan fingerprint density at radius 1 is 1.11 bits per heavy atom. The molecule has 5 nitrogen and oxygen atoms in total. The molecule has 0 saturated heterocycles. The zero-order valence-electron chi connectivity index (χ0n) is 15.3. The minimum absolute atomic E-state index is 0.240. The van der Waals surface area contributed by atoms with Crippen LogP contribution < -0.4 is 4.74 Å². The summed E-state index contributed by atoms with van der Waals surface area (Å²) in [4.78, 5) is 27.7. The predicted octanol–water partition coefficient (Wildman–Crippen LogP) is 4.39. The first-order valence-corrected chi connectivity index (χ1v) is 8.80.